The molecule has 1 N–H and O–H groups in total. The van der Waals surface area contributed by atoms with E-state index in [1.54, 1.807) is 16.4 Å². The maximum atomic E-state index is 12.7. The van der Waals surface area contributed by atoms with Gasteiger partial charge in [0.05, 0.1) is 18.4 Å². The van der Waals surface area contributed by atoms with Crippen LogP contribution < -0.4 is 5.32 Å². The lowest BCUT2D eigenvalue weighted by Gasteiger charge is -2.25. The summed E-state index contributed by atoms with van der Waals surface area (Å²) in [6.45, 7) is 5.22. The highest BCUT2D eigenvalue weighted by molar-refractivity contribution is 7.99. The summed E-state index contributed by atoms with van der Waals surface area (Å²) in [5.74, 6) is -0.0151. The van der Waals surface area contributed by atoms with Crippen LogP contribution in [0.15, 0.2) is 76.8 Å². The Morgan fingerprint density at radius 1 is 1.14 bits per heavy atom. The molecule has 0 spiro atoms. The van der Waals surface area contributed by atoms with Gasteiger partial charge >= 0.3 is 0 Å². The van der Waals surface area contributed by atoms with E-state index in [1.165, 1.54) is 0 Å². The highest BCUT2D eigenvalue weighted by Gasteiger charge is 2.16. The minimum Gasteiger partial charge on any atom is -0.324 e. The quantitative estimate of drug-likeness (QED) is 0.614. The SMILES string of the molecule is CC(C)N(CC(=O)Nc1ccccc1Sc1ccccc1)Cc1cnn(C)c1. The van der Waals surface area contributed by atoms with Crippen LogP contribution in [0.4, 0.5) is 5.69 Å². The minimum absolute atomic E-state index is 0.0151. The number of carbonyl (C=O) groups is 1. The van der Waals surface area contributed by atoms with Crippen molar-refractivity contribution in [3.8, 4) is 0 Å². The fourth-order valence-electron chi connectivity index (χ4n) is 2.86. The van der Waals surface area contributed by atoms with E-state index in [1.807, 2.05) is 61.9 Å². The van der Waals surface area contributed by atoms with Crippen LogP contribution in [0.5, 0.6) is 0 Å². The Bertz CT molecular complexity index is 908. The van der Waals surface area contributed by atoms with Crippen LogP contribution in [-0.4, -0.2) is 33.2 Å². The largest absolute Gasteiger partial charge is 0.324 e. The molecule has 1 aromatic heterocycles. The molecule has 146 valence electrons. The highest BCUT2D eigenvalue weighted by Crippen LogP contribution is 2.33. The van der Waals surface area contributed by atoms with E-state index in [0.29, 0.717) is 13.1 Å². The van der Waals surface area contributed by atoms with Crippen LogP contribution in [0.1, 0.15) is 19.4 Å². The molecule has 3 aromatic rings. The van der Waals surface area contributed by atoms with Gasteiger partial charge in [0.2, 0.25) is 5.91 Å². The molecule has 28 heavy (non-hydrogen) atoms. The van der Waals surface area contributed by atoms with Crippen molar-refractivity contribution in [2.24, 2.45) is 7.05 Å². The third kappa shape index (κ3) is 5.71. The fraction of sp³-hybridized carbons (Fsp3) is 0.273. The molecule has 0 aliphatic heterocycles. The maximum absolute atomic E-state index is 12.7. The number of benzene rings is 2. The van der Waals surface area contributed by atoms with E-state index >= 15 is 0 Å². The number of aromatic nitrogens is 2. The van der Waals surface area contributed by atoms with Crippen molar-refractivity contribution in [2.75, 3.05) is 11.9 Å². The maximum Gasteiger partial charge on any atom is 0.238 e. The number of rotatable bonds is 8. The number of aryl methyl sites for hydroxylation is 1. The molecular weight excluding hydrogens is 368 g/mol. The smallest absolute Gasteiger partial charge is 0.238 e. The third-order valence-electron chi connectivity index (χ3n) is 4.35. The third-order valence-corrected chi connectivity index (χ3v) is 5.44. The van der Waals surface area contributed by atoms with E-state index < -0.39 is 0 Å². The molecular formula is C22H26N4OS. The van der Waals surface area contributed by atoms with Gasteiger partial charge in [-0.1, -0.05) is 42.1 Å². The molecule has 0 saturated heterocycles. The average molecular weight is 395 g/mol. The van der Waals surface area contributed by atoms with Crippen LogP contribution in [0, 0.1) is 0 Å². The molecule has 6 heteroatoms. The van der Waals surface area contributed by atoms with Gasteiger partial charge in [0, 0.05) is 41.2 Å². The second-order valence-electron chi connectivity index (χ2n) is 6.98. The predicted octanol–water partition coefficient (Wildman–Crippen LogP) is 4.42. The molecule has 0 fully saturated rings. The minimum atomic E-state index is -0.0151. The fourth-order valence-corrected chi connectivity index (χ4v) is 3.78. The monoisotopic (exact) mass is 394 g/mol. The summed E-state index contributed by atoms with van der Waals surface area (Å²) in [4.78, 5) is 17.1. The second kappa shape index (κ2) is 9.57. The first-order valence-electron chi connectivity index (χ1n) is 9.34. The summed E-state index contributed by atoms with van der Waals surface area (Å²) in [6, 6.07) is 18.3. The van der Waals surface area contributed by atoms with Gasteiger partial charge in [0.15, 0.2) is 0 Å². The first-order valence-corrected chi connectivity index (χ1v) is 10.2. The van der Waals surface area contributed by atoms with Crippen LogP contribution in [0.2, 0.25) is 0 Å². The number of hydrogen-bond acceptors (Lipinski definition) is 4. The number of anilines is 1. The van der Waals surface area contributed by atoms with Gasteiger partial charge in [-0.15, -0.1) is 0 Å². The van der Waals surface area contributed by atoms with E-state index in [9.17, 15) is 4.79 Å². The molecule has 1 amide bonds. The van der Waals surface area contributed by atoms with Gasteiger partial charge in [0.25, 0.3) is 0 Å². The Hall–Kier alpha value is -2.57. The number of nitrogens with zero attached hydrogens (tertiary/aromatic N) is 3. The first kappa shape index (κ1) is 20.2. The lowest BCUT2D eigenvalue weighted by atomic mass is 10.2. The summed E-state index contributed by atoms with van der Waals surface area (Å²) in [7, 11) is 1.90. The van der Waals surface area contributed by atoms with E-state index in [0.717, 1.165) is 21.0 Å². The summed E-state index contributed by atoms with van der Waals surface area (Å²) < 4.78 is 1.78. The molecule has 2 aromatic carbocycles. The molecule has 3 rings (SSSR count). The van der Waals surface area contributed by atoms with Gasteiger partial charge in [0.1, 0.15) is 0 Å². The molecule has 0 bridgehead atoms. The van der Waals surface area contributed by atoms with Gasteiger partial charge < -0.3 is 5.32 Å². The zero-order valence-electron chi connectivity index (χ0n) is 16.5. The van der Waals surface area contributed by atoms with Crippen molar-refractivity contribution in [1.29, 1.82) is 0 Å². The number of nitrogens with one attached hydrogen (secondary N) is 1. The van der Waals surface area contributed by atoms with Crippen LogP contribution >= 0.6 is 11.8 Å². The molecule has 0 aliphatic carbocycles. The van der Waals surface area contributed by atoms with E-state index in [-0.39, 0.29) is 11.9 Å². The molecule has 0 radical (unpaired) electrons. The second-order valence-corrected chi connectivity index (χ2v) is 8.10. The van der Waals surface area contributed by atoms with Crippen LogP contribution in [0.25, 0.3) is 0 Å². The first-order chi connectivity index (χ1) is 13.5. The highest BCUT2D eigenvalue weighted by atomic mass is 32.2. The van der Waals surface area contributed by atoms with Crippen molar-refractivity contribution in [3.05, 3.63) is 72.6 Å². The predicted molar refractivity (Wildman–Crippen MR) is 114 cm³/mol. The van der Waals surface area contributed by atoms with Crippen LogP contribution in [-0.2, 0) is 18.4 Å². The van der Waals surface area contributed by atoms with E-state index in [4.69, 9.17) is 0 Å². The number of hydrogen-bond donors (Lipinski definition) is 1. The van der Waals surface area contributed by atoms with Crippen molar-refractivity contribution in [1.82, 2.24) is 14.7 Å². The molecule has 0 unspecified atom stereocenters. The number of carbonyl (C=O) groups excluding carboxylic acids is 1. The summed E-state index contributed by atoms with van der Waals surface area (Å²) in [6.07, 6.45) is 3.83. The number of para-hydroxylation sites is 1. The Labute approximate surface area is 170 Å². The van der Waals surface area contributed by atoms with Crippen molar-refractivity contribution < 1.29 is 4.79 Å². The van der Waals surface area contributed by atoms with Crippen molar-refractivity contribution in [2.45, 2.75) is 36.2 Å². The molecule has 5 nitrogen and oxygen atoms in total. The van der Waals surface area contributed by atoms with Gasteiger partial charge in [-0.05, 0) is 38.1 Å². The summed E-state index contributed by atoms with van der Waals surface area (Å²) >= 11 is 1.65. The Balaban J connectivity index is 1.66. The Morgan fingerprint density at radius 3 is 2.54 bits per heavy atom. The van der Waals surface area contributed by atoms with Crippen molar-refractivity contribution in [3.63, 3.8) is 0 Å². The lowest BCUT2D eigenvalue weighted by Crippen LogP contribution is -2.37. The number of amides is 1. The molecule has 1 heterocycles. The average Bonchev–Trinajstić information content (AvgIpc) is 3.08. The zero-order valence-corrected chi connectivity index (χ0v) is 17.3. The van der Waals surface area contributed by atoms with Gasteiger partial charge in [-0.2, -0.15) is 5.10 Å². The Morgan fingerprint density at radius 2 is 1.86 bits per heavy atom. The van der Waals surface area contributed by atoms with Gasteiger partial charge in [-0.3, -0.25) is 14.4 Å². The standard InChI is InChI=1S/C22H26N4OS/c1-17(2)26(15-18-13-23-25(3)14-18)16-22(27)24-20-11-7-8-12-21(20)28-19-9-5-4-6-10-19/h4-14,17H,15-16H2,1-3H3,(H,24,27). The van der Waals surface area contributed by atoms with E-state index in [2.05, 4.69) is 41.3 Å². The topological polar surface area (TPSA) is 50.2 Å². The molecule has 0 atom stereocenters. The lowest BCUT2D eigenvalue weighted by molar-refractivity contribution is -0.117. The van der Waals surface area contributed by atoms with Crippen molar-refractivity contribution >= 4 is 23.4 Å². The Kier molecular flexibility index (Phi) is 6.90. The molecule has 0 aliphatic rings. The zero-order chi connectivity index (χ0) is 19.9. The summed E-state index contributed by atoms with van der Waals surface area (Å²) in [5.41, 5.74) is 1.94. The van der Waals surface area contributed by atoms with Gasteiger partial charge in [-0.25, -0.2) is 0 Å². The van der Waals surface area contributed by atoms with Crippen LogP contribution in [0.3, 0.4) is 0 Å². The normalized spacial score (nSPS) is 11.2. The molecule has 0 saturated carbocycles. The summed E-state index contributed by atoms with van der Waals surface area (Å²) in [5, 5.41) is 7.30.